The molecule has 7 nitrogen and oxygen atoms in total. The molecule has 1 aliphatic carbocycles. The molecule has 1 aromatic rings. The number of sulfonamides is 1. The number of amides is 1. The summed E-state index contributed by atoms with van der Waals surface area (Å²) in [5.41, 5.74) is 1.88. The molecule has 2 aliphatic heterocycles. The molecule has 1 aromatic carbocycles. The third-order valence-corrected chi connectivity index (χ3v) is 7.39. The molecule has 3 atom stereocenters. The molecule has 0 spiro atoms. The van der Waals surface area contributed by atoms with Gasteiger partial charge in [0.25, 0.3) is 5.91 Å². The molecule has 1 amide bonds. The van der Waals surface area contributed by atoms with Crippen molar-refractivity contribution in [3.63, 3.8) is 0 Å². The lowest BCUT2D eigenvalue weighted by Crippen LogP contribution is -2.43. The van der Waals surface area contributed by atoms with E-state index in [2.05, 4.69) is 0 Å². The van der Waals surface area contributed by atoms with Gasteiger partial charge in [0, 0.05) is 18.7 Å². The highest BCUT2D eigenvalue weighted by Crippen LogP contribution is 2.43. The molecule has 4 rings (SSSR count). The lowest BCUT2D eigenvalue weighted by molar-refractivity contribution is -0.142. The summed E-state index contributed by atoms with van der Waals surface area (Å²) in [4.78, 5) is 26.4. The van der Waals surface area contributed by atoms with Gasteiger partial charge in [0.05, 0.1) is 11.9 Å². The number of carbonyl (C=O) groups excluding carboxylic acids is 1. The minimum atomic E-state index is -3.36. The second kappa shape index (κ2) is 6.51. The lowest BCUT2D eigenvalue weighted by Gasteiger charge is -2.30. The van der Waals surface area contributed by atoms with Crippen molar-refractivity contribution in [2.45, 2.75) is 38.1 Å². The van der Waals surface area contributed by atoms with Crippen LogP contribution in [0.15, 0.2) is 18.2 Å². The molecule has 1 N–H and O–H groups in total. The SMILES string of the molecule is CS(=O)(=O)N1CCCc2cc(C(=O)N3CC4CCCC4C3C(=O)O)ccc21. The first-order valence-corrected chi connectivity index (χ1v) is 11.3. The molecule has 3 unspecified atom stereocenters. The van der Waals surface area contributed by atoms with Crippen molar-refractivity contribution >= 4 is 27.6 Å². The van der Waals surface area contributed by atoms with Gasteiger partial charge in [-0.15, -0.1) is 0 Å². The van der Waals surface area contributed by atoms with Crippen LogP contribution in [0.1, 0.15) is 41.6 Å². The summed E-state index contributed by atoms with van der Waals surface area (Å²) in [6.07, 6.45) is 5.45. The van der Waals surface area contributed by atoms with Gasteiger partial charge in [-0.25, -0.2) is 13.2 Å². The number of rotatable bonds is 3. The summed E-state index contributed by atoms with van der Waals surface area (Å²) in [5.74, 6) is -0.881. The van der Waals surface area contributed by atoms with E-state index in [9.17, 15) is 23.1 Å². The van der Waals surface area contributed by atoms with Gasteiger partial charge in [-0.05, 0) is 61.3 Å². The molecular weight excluding hydrogens is 368 g/mol. The predicted molar refractivity (Wildman–Crippen MR) is 100 cm³/mol. The molecule has 3 aliphatic rings. The summed E-state index contributed by atoms with van der Waals surface area (Å²) in [6.45, 7) is 0.933. The Kier molecular flexibility index (Phi) is 4.41. The van der Waals surface area contributed by atoms with E-state index in [4.69, 9.17) is 0 Å². The predicted octanol–water partition coefficient (Wildman–Crippen LogP) is 1.72. The van der Waals surface area contributed by atoms with Gasteiger partial charge in [-0.3, -0.25) is 9.10 Å². The first-order chi connectivity index (χ1) is 12.8. The maximum absolute atomic E-state index is 13.1. The number of hydrogen-bond acceptors (Lipinski definition) is 4. The van der Waals surface area contributed by atoms with Crippen molar-refractivity contribution in [2.75, 3.05) is 23.7 Å². The summed E-state index contributed by atoms with van der Waals surface area (Å²) in [7, 11) is -3.36. The van der Waals surface area contributed by atoms with Crippen molar-refractivity contribution in [1.82, 2.24) is 4.90 Å². The maximum Gasteiger partial charge on any atom is 0.326 e. The van der Waals surface area contributed by atoms with E-state index < -0.39 is 22.0 Å². The van der Waals surface area contributed by atoms with Crippen molar-refractivity contribution in [2.24, 2.45) is 11.8 Å². The van der Waals surface area contributed by atoms with E-state index in [0.717, 1.165) is 24.8 Å². The van der Waals surface area contributed by atoms with Gasteiger partial charge in [-0.2, -0.15) is 0 Å². The molecule has 2 fully saturated rings. The molecule has 2 heterocycles. The first-order valence-electron chi connectivity index (χ1n) is 9.42. The molecular formula is C19H24N2O5S. The highest BCUT2D eigenvalue weighted by atomic mass is 32.2. The van der Waals surface area contributed by atoms with Crippen molar-refractivity contribution in [3.8, 4) is 0 Å². The quantitative estimate of drug-likeness (QED) is 0.845. The number of hydrogen-bond donors (Lipinski definition) is 1. The Labute approximate surface area is 159 Å². The molecule has 1 saturated heterocycles. The molecule has 0 bridgehead atoms. The van der Waals surface area contributed by atoms with E-state index in [-0.39, 0.29) is 17.7 Å². The normalized spacial score (nSPS) is 27.4. The van der Waals surface area contributed by atoms with Crippen molar-refractivity contribution in [1.29, 1.82) is 0 Å². The van der Waals surface area contributed by atoms with Crippen LogP contribution in [0.25, 0.3) is 0 Å². The summed E-state index contributed by atoms with van der Waals surface area (Å²) in [5, 5.41) is 9.68. The fraction of sp³-hybridized carbons (Fsp3) is 0.579. The Balaban J connectivity index is 1.64. The van der Waals surface area contributed by atoms with Gasteiger partial charge >= 0.3 is 5.97 Å². The highest BCUT2D eigenvalue weighted by molar-refractivity contribution is 7.92. The lowest BCUT2D eigenvalue weighted by atomic mass is 9.94. The zero-order chi connectivity index (χ0) is 19.3. The van der Waals surface area contributed by atoms with Crippen molar-refractivity contribution < 1.29 is 23.1 Å². The maximum atomic E-state index is 13.1. The Morgan fingerprint density at radius 1 is 1.19 bits per heavy atom. The molecule has 0 aromatic heterocycles. The molecule has 27 heavy (non-hydrogen) atoms. The number of aliphatic carboxylic acids is 1. The Hall–Kier alpha value is -2.09. The number of anilines is 1. The zero-order valence-corrected chi connectivity index (χ0v) is 16.1. The van der Waals surface area contributed by atoms with Crippen LogP contribution in [0.5, 0.6) is 0 Å². The van der Waals surface area contributed by atoms with Crippen LogP contribution in [0.4, 0.5) is 5.69 Å². The Morgan fingerprint density at radius 2 is 1.96 bits per heavy atom. The minimum Gasteiger partial charge on any atom is -0.480 e. The molecule has 146 valence electrons. The smallest absolute Gasteiger partial charge is 0.326 e. The van der Waals surface area contributed by atoms with E-state index in [0.29, 0.717) is 37.2 Å². The monoisotopic (exact) mass is 392 g/mol. The second-order valence-electron chi connectivity index (χ2n) is 7.88. The van der Waals surface area contributed by atoms with Gasteiger partial charge in [-0.1, -0.05) is 6.42 Å². The number of carbonyl (C=O) groups is 2. The van der Waals surface area contributed by atoms with Crippen LogP contribution in [0.3, 0.4) is 0 Å². The number of fused-ring (bicyclic) bond motifs is 2. The van der Waals surface area contributed by atoms with E-state index in [1.807, 2.05) is 0 Å². The Morgan fingerprint density at radius 3 is 2.67 bits per heavy atom. The summed E-state index contributed by atoms with van der Waals surface area (Å²) < 4.78 is 25.4. The number of carboxylic acids is 1. The average Bonchev–Trinajstić information content (AvgIpc) is 3.19. The Bertz CT molecular complexity index is 897. The summed E-state index contributed by atoms with van der Waals surface area (Å²) >= 11 is 0. The van der Waals surface area contributed by atoms with Crippen LogP contribution >= 0.6 is 0 Å². The van der Waals surface area contributed by atoms with E-state index in [1.165, 1.54) is 15.5 Å². The number of aryl methyl sites for hydroxylation is 1. The molecule has 0 radical (unpaired) electrons. The van der Waals surface area contributed by atoms with Gasteiger partial charge in [0.1, 0.15) is 6.04 Å². The topological polar surface area (TPSA) is 95.0 Å². The van der Waals surface area contributed by atoms with Crippen LogP contribution in [-0.2, 0) is 21.2 Å². The number of benzene rings is 1. The minimum absolute atomic E-state index is 0.0461. The first kappa shape index (κ1) is 18.3. The summed E-state index contributed by atoms with van der Waals surface area (Å²) in [6, 6.07) is 4.28. The van der Waals surface area contributed by atoms with Crippen LogP contribution in [0.2, 0.25) is 0 Å². The fourth-order valence-electron chi connectivity index (χ4n) is 5.04. The standard InChI is InChI=1S/C19H24N2O5S/c1-27(25,26)21-9-3-5-12-10-13(7-8-16(12)21)18(22)20-11-14-4-2-6-15(14)17(20)19(23)24/h7-8,10,14-15,17H,2-6,9,11H2,1H3,(H,23,24). The third kappa shape index (κ3) is 3.09. The van der Waals surface area contributed by atoms with Crippen molar-refractivity contribution in [3.05, 3.63) is 29.3 Å². The van der Waals surface area contributed by atoms with E-state index >= 15 is 0 Å². The van der Waals surface area contributed by atoms with Crippen LogP contribution in [-0.4, -0.2) is 55.7 Å². The van der Waals surface area contributed by atoms with Gasteiger partial charge in [0.15, 0.2) is 0 Å². The van der Waals surface area contributed by atoms with E-state index in [1.54, 1.807) is 18.2 Å². The van der Waals surface area contributed by atoms with Crippen LogP contribution < -0.4 is 4.31 Å². The fourth-order valence-corrected chi connectivity index (χ4v) is 6.03. The highest BCUT2D eigenvalue weighted by Gasteiger charge is 2.49. The number of nitrogens with zero attached hydrogens (tertiary/aromatic N) is 2. The van der Waals surface area contributed by atoms with Crippen LogP contribution in [0, 0.1) is 11.8 Å². The second-order valence-corrected chi connectivity index (χ2v) is 9.78. The molecule has 8 heteroatoms. The third-order valence-electron chi connectivity index (χ3n) is 6.21. The molecule has 1 saturated carbocycles. The largest absolute Gasteiger partial charge is 0.480 e. The zero-order valence-electron chi connectivity index (χ0n) is 15.3. The van der Waals surface area contributed by atoms with Gasteiger partial charge < -0.3 is 10.0 Å². The average molecular weight is 392 g/mol. The number of likely N-dealkylation sites (tertiary alicyclic amines) is 1. The number of carboxylic acid groups (broad SMARTS) is 1. The van der Waals surface area contributed by atoms with Gasteiger partial charge in [0.2, 0.25) is 10.0 Å².